The Hall–Kier alpha value is -4.76. The third-order valence-corrected chi connectivity index (χ3v) is 6.19. The predicted octanol–water partition coefficient (Wildman–Crippen LogP) is 4.75. The van der Waals surface area contributed by atoms with E-state index in [1.807, 2.05) is 30.3 Å². The quantitative estimate of drug-likeness (QED) is 0.231. The van der Waals surface area contributed by atoms with Crippen molar-refractivity contribution in [2.75, 3.05) is 0 Å². The van der Waals surface area contributed by atoms with Crippen molar-refractivity contribution in [1.29, 1.82) is 0 Å². The van der Waals surface area contributed by atoms with Gasteiger partial charge in [0.05, 0.1) is 0 Å². The molecular weight excluding hydrogens is 558 g/mol. The van der Waals surface area contributed by atoms with Crippen molar-refractivity contribution in [1.82, 2.24) is 15.5 Å². The number of alkyl carbamates (subject to hydrolysis) is 1. The van der Waals surface area contributed by atoms with Gasteiger partial charge in [-0.3, -0.25) is 14.5 Å². The summed E-state index contributed by atoms with van der Waals surface area (Å²) < 4.78 is 11.0. The van der Waals surface area contributed by atoms with Crippen LogP contribution in [-0.2, 0) is 30.3 Å². The van der Waals surface area contributed by atoms with E-state index in [4.69, 9.17) is 22.3 Å². The van der Waals surface area contributed by atoms with Crippen molar-refractivity contribution in [3.8, 4) is 24.8 Å². The Morgan fingerprint density at radius 1 is 0.841 bits per heavy atom. The summed E-state index contributed by atoms with van der Waals surface area (Å²) in [6.07, 6.45) is 11.0. The van der Waals surface area contributed by atoms with Gasteiger partial charge in [0.15, 0.2) is 0 Å². The van der Waals surface area contributed by atoms with Crippen molar-refractivity contribution in [3.63, 3.8) is 0 Å². The first-order valence-electron chi connectivity index (χ1n) is 14.4. The molecule has 2 aromatic carbocycles. The molecule has 0 radical (unpaired) electrons. The molecule has 0 spiro atoms. The first-order chi connectivity index (χ1) is 20.5. The van der Waals surface area contributed by atoms with Crippen LogP contribution in [0, 0.1) is 30.7 Å². The van der Waals surface area contributed by atoms with E-state index in [9.17, 15) is 19.2 Å². The van der Waals surface area contributed by atoms with Gasteiger partial charge in [-0.2, -0.15) is 0 Å². The van der Waals surface area contributed by atoms with Crippen molar-refractivity contribution >= 4 is 23.9 Å². The van der Waals surface area contributed by atoms with Crippen LogP contribution in [0.4, 0.5) is 4.79 Å². The van der Waals surface area contributed by atoms with Crippen LogP contribution in [0.5, 0.6) is 0 Å². The number of esters is 1. The lowest BCUT2D eigenvalue weighted by Gasteiger charge is -2.33. The van der Waals surface area contributed by atoms with Gasteiger partial charge in [-0.1, -0.05) is 74.7 Å². The highest BCUT2D eigenvalue weighted by Gasteiger charge is 2.39. The second-order valence-electron chi connectivity index (χ2n) is 12.6. The molecule has 0 fully saturated rings. The lowest BCUT2D eigenvalue weighted by molar-refractivity contribution is -0.159. The van der Waals surface area contributed by atoms with Gasteiger partial charge in [0, 0.05) is 23.6 Å². The van der Waals surface area contributed by atoms with E-state index in [0.29, 0.717) is 5.56 Å². The van der Waals surface area contributed by atoms with Crippen LogP contribution in [0.25, 0.3) is 0 Å². The average molecular weight is 602 g/mol. The van der Waals surface area contributed by atoms with Gasteiger partial charge in [0.1, 0.15) is 29.3 Å². The zero-order valence-electron chi connectivity index (χ0n) is 26.8. The molecule has 0 aromatic heterocycles. The highest BCUT2D eigenvalue weighted by molar-refractivity contribution is 5.95. The number of benzene rings is 2. The molecule has 0 saturated heterocycles. The van der Waals surface area contributed by atoms with E-state index in [2.05, 4.69) is 22.6 Å². The van der Waals surface area contributed by atoms with Crippen molar-refractivity contribution in [2.24, 2.45) is 5.92 Å². The normalized spacial score (nSPS) is 13.3. The van der Waals surface area contributed by atoms with Gasteiger partial charge in [-0.15, -0.1) is 6.42 Å². The molecule has 2 N–H and O–H groups in total. The summed E-state index contributed by atoms with van der Waals surface area (Å²) in [6, 6.07) is 14.3. The van der Waals surface area contributed by atoms with E-state index in [1.54, 1.807) is 79.7 Å². The zero-order valence-corrected chi connectivity index (χ0v) is 26.8. The summed E-state index contributed by atoms with van der Waals surface area (Å²) in [7, 11) is 0. The van der Waals surface area contributed by atoms with Crippen LogP contribution < -0.4 is 10.6 Å². The third-order valence-electron chi connectivity index (χ3n) is 6.19. The molecule has 0 aliphatic heterocycles. The fourth-order valence-electron chi connectivity index (χ4n) is 4.29. The van der Waals surface area contributed by atoms with E-state index in [0.717, 1.165) is 10.5 Å². The number of hydrogen-bond acceptors (Lipinski definition) is 6. The minimum absolute atomic E-state index is 0.115. The molecule has 3 unspecified atom stereocenters. The molecule has 234 valence electrons. The van der Waals surface area contributed by atoms with Crippen LogP contribution in [0.3, 0.4) is 0 Å². The van der Waals surface area contributed by atoms with Crippen molar-refractivity contribution < 1.29 is 28.7 Å². The van der Waals surface area contributed by atoms with Gasteiger partial charge in [0.25, 0.3) is 5.91 Å². The smallest absolute Gasteiger partial charge is 0.408 e. The molecule has 9 nitrogen and oxygen atoms in total. The van der Waals surface area contributed by atoms with Crippen LogP contribution >= 0.6 is 0 Å². The van der Waals surface area contributed by atoms with Crippen LogP contribution in [-0.4, -0.2) is 52.1 Å². The van der Waals surface area contributed by atoms with E-state index < -0.39 is 59.1 Å². The van der Waals surface area contributed by atoms with Gasteiger partial charge in [-0.25, -0.2) is 9.59 Å². The first-order valence-corrected chi connectivity index (χ1v) is 14.4. The number of hydrogen-bond donors (Lipinski definition) is 2. The fraction of sp³-hybridized carbons (Fsp3) is 0.429. The highest BCUT2D eigenvalue weighted by atomic mass is 16.6. The summed E-state index contributed by atoms with van der Waals surface area (Å²) in [5.74, 6) is -0.0624. The SMILES string of the molecule is C#Cc1ccccc1C(C(=O)NC(Cc1ccccc1)C(=O)OC(C)(C)C)N(C#C)C(=O)C(NC(=O)OC(C)(C)C)C(C)C. The maximum Gasteiger partial charge on any atom is 0.408 e. The molecular formula is C35H43N3O6. The molecule has 44 heavy (non-hydrogen) atoms. The maximum atomic E-state index is 14.2. The van der Waals surface area contributed by atoms with Crippen LogP contribution in [0.2, 0.25) is 0 Å². The fourth-order valence-corrected chi connectivity index (χ4v) is 4.29. The summed E-state index contributed by atoms with van der Waals surface area (Å²) in [6.45, 7) is 13.7. The summed E-state index contributed by atoms with van der Waals surface area (Å²) >= 11 is 0. The summed E-state index contributed by atoms with van der Waals surface area (Å²) in [5.41, 5.74) is -0.287. The minimum atomic E-state index is -1.46. The Labute approximate surface area is 261 Å². The molecule has 3 atom stereocenters. The average Bonchev–Trinajstić information content (AvgIpc) is 2.92. The third kappa shape index (κ3) is 10.5. The Bertz CT molecular complexity index is 1410. The molecule has 2 rings (SSSR count). The highest BCUT2D eigenvalue weighted by Crippen LogP contribution is 2.27. The van der Waals surface area contributed by atoms with Gasteiger partial charge in [0.2, 0.25) is 5.91 Å². The second-order valence-corrected chi connectivity index (χ2v) is 12.6. The number of amides is 3. The second kappa shape index (κ2) is 15.1. The summed E-state index contributed by atoms with van der Waals surface area (Å²) in [5, 5.41) is 5.35. The van der Waals surface area contributed by atoms with Gasteiger partial charge < -0.3 is 20.1 Å². The Morgan fingerprint density at radius 3 is 1.93 bits per heavy atom. The van der Waals surface area contributed by atoms with E-state index in [-0.39, 0.29) is 12.0 Å². The molecule has 9 heteroatoms. The maximum absolute atomic E-state index is 14.2. The molecule has 3 amide bonds. The first kappa shape index (κ1) is 35.4. The predicted molar refractivity (Wildman–Crippen MR) is 169 cm³/mol. The number of nitrogens with one attached hydrogen (secondary N) is 2. The molecule has 0 saturated carbocycles. The Morgan fingerprint density at radius 2 is 1.41 bits per heavy atom. The summed E-state index contributed by atoms with van der Waals surface area (Å²) in [4.78, 5) is 55.1. The molecule has 0 aliphatic rings. The van der Waals surface area contributed by atoms with Crippen LogP contribution in [0.15, 0.2) is 54.6 Å². The molecule has 0 bridgehead atoms. The number of nitrogens with zero attached hydrogens (tertiary/aromatic N) is 1. The lowest BCUT2D eigenvalue weighted by Crippen LogP contribution is -2.55. The van der Waals surface area contributed by atoms with Gasteiger partial charge >= 0.3 is 12.1 Å². The minimum Gasteiger partial charge on any atom is -0.458 e. The van der Waals surface area contributed by atoms with E-state index in [1.165, 1.54) is 0 Å². The number of ether oxygens (including phenoxy) is 2. The van der Waals surface area contributed by atoms with Crippen molar-refractivity contribution in [2.45, 2.75) is 91.1 Å². The van der Waals surface area contributed by atoms with Crippen molar-refractivity contribution in [3.05, 3.63) is 71.3 Å². The standard InChI is InChI=1S/C35H43N3O6/c1-11-25-20-16-17-21-26(25)29(38(12-2)31(40)28(23(3)4)37-33(42)44-35(8,9)10)30(39)36-27(32(41)43-34(5,6)7)22-24-18-14-13-15-19-24/h1-2,13-21,23,27-29H,22H2,3-10H3,(H,36,39)(H,37,42). The monoisotopic (exact) mass is 601 g/mol. The molecule has 2 aromatic rings. The number of rotatable bonds is 10. The largest absolute Gasteiger partial charge is 0.458 e. The number of carbonyl (C=O) groups is 4. The molecule has 0 aliphatic carbocycles. The lowest BCUT2D eigenvalue weighted by atomic mass is 9.95. The van der Waals surface area contributed by atoms with Crippen LogP contribution in [0.1, 0.15) is 78.1 Å². The molecule has 0 heterocycles. The number of terminal acetylenes is 2. The Kier molecular flexibility index (Phi) is 12.2. The number of carbonyl (C=O) groups excluding carboxylic acids is 4. The topological polar surface area (TPSA) is 114 Å². The van der Waals surface area contributed by atoms with Gasteiger partial charge in [-0.05, 0) is 59.1 Å². The van der Waals surface area contributed by atoms with E-state index >= 15 is 0 Å². The Balaban J connectivity index is 2.59. The zero-order chi connectivity index (χ0) is 33.2.